The number of alkyl carbamates (subject to hydrolysis) is 1. The van der Waals surface area contributed by atoms with Crippen molar-refractivity contribution in [2.24, 2.45) is 0 Å². The van der Waals surface area contributed by atoms with Gasteiger partial charge in [-0.2, -0.15) is 0 Å². The summed E-state index contributed by atoms with van der Waals surface area (Å²) in [5.74, 6) is -1.45. The second-order valence-corrected chi connectivity index (χ2v) is 7.95. The molecule has 3 amide bonds. The maximum absolute atomic E-state index is 12.6. The minimum Gasteiger partial charge on any atom is -0.444 e. The largest absolute Gasteiger partial charge is 0.444 e. The minimum atomic E-state index is -1.88. The fraction of sp³-hybridized carbons (Fsp3) is 0.750. The Hall–Kier alpha value is -2.12. The lowest BCUT2D eigenvalue weighted by molar-refractivity contribution is -0.134. The van der Waals surface area contributed by atoms with Gasteiger partial charge in [0.1, 0.15) is 17.2 Å². The Morgan fingerprint density at radius 2 is 1.50 bits per heavy atom. The number of nitrogens with zero attached hydrogens (tertiary/aromatic N) is 1. The molecule has 1 rings (SSSR count). The highest BCUT2D eigenvalue weighted by molar-refractivity contribution is 6.23. The number of nitrogens with one attached hydrogen (secondary N) is 1. The average Bonchev–Trinajstić information content (AvgIpc) is 2.46. The van der Waals surface area contributed by atoms with E-state index in [2.05, 4.69) is 5.32 Å². The Kier molecular flexibility index (Phi) is 5.04. The van der Waals surface area contributed by atoms with Gasteiger partial charge in [0.05, 0.1) is 0 Å². The molecule has 8 heteroatoms. The maximum atomic E-state index is 12.6. The molecule has 0 aromatic heterocycles. The second kappa shape index (κ2) is 6.07. The van der Waals surface area contributed by atoms with Crippen LogP contribution < -0.4 is 5.32 Å². The van der Waals surface area contributed by atoms with E-state index in [-0.39, 0.29) is 0 Å². The summed E-state index contributed by atoms with van der Waals surface area (Å²) in [5.41, 5.74) is -3.49. The van der Waals surface area contributed by atoms with Gasteiger partial charge in [0.2, 0.25) is 0 Å². The van der Waals surface area contributed by atoms with Crippen LogP contribution in [-0.4, -0.2) is 51.6 Å². The first-order valence-corrected chi connectivity index (χ1v) is 7.70. The summed E-state index contributed by atoms with van der Waals surface area (Å²) in [6, 6.07) is -1.05. The molecule has 24 heavy (non-hydrogen) atoms. The van der Waals surface area contributed by atoms with Crippen molar-refractivity contribution in [3.8, 4) is 0 Å². The van der Waals surface area contributed by atoms with Crippen LogP contribution in [0.15, 0.2) is 0 Å². The molecule has 1 aliphatic rings. The number of Topliss-reactive ketones (excluding diaryl/α,β-unsaturated/α-hetero) is 1. The highest BCUT2D eigenvalue weighted by atomic mass is 16.6. The van der Waals surface area contributed by atoms with Crippen molar-refractivity contribution in [1.82, 2.24) is 10.2 Å². The predicted octanol–water partition coefficient (Wildman–Crippen LogP) is 2.00. The topological polar surface area (TPSA) is 102 Å². The van der Waals surface area contributed by atoms with Gasteiger partial charge in [0, 0.05) is 0 Å². The number of amides is 3. The number of ether oxygens (including phenoxy) is 2. The van der Waals surface area contributed by atoms with E-state index in [1.165, 1.54) is 13.8 Å². The SMILES string of the molecule is C[C@H]1C(=O)[C@@](C)(NC(=O)OC(C)(C)C)C(=O)N1C(=O)OC(C)(C)C. The van der Waals surface area contributed by atoms with Crippen molar-refractivity contribution >= 4 is 23.9 Å². The molecule has 0 bridgehead atoms. The van der Waals surface area contributed by atoms with Crippen LogP contribution in [0.2, 0.25) is 0 Å². The van der Waals surface area contributed by atoms with Gasteiger partial charge >= 0.3 is 12.2 Å². The van der Waals surface area contributed by atoms with Crippen molar-refractivity contribution in [2.75, 3.05) is 0 Å². The molecule has 1 heterocycles. The van der Waals surface area contributed by atoms with Gasteiger partial charge in [-0.25, -0.2) is 14.5 Å². The molecule has 8 nitrogen and oxygen atoms in total. The molecule has 1 aliphatic heterocycles. The van der Waals surface area contributed by atoms with Crippen LogP contribution in [0, 0.1) is 0 Å². The number of rotatable bonds is 1. The lowest BCUT2D eigenvalue weighted by Gasteiger charge is -2.27. The third-order valence-electron chi connectivity index (χ3n) is 3.25. The van der Waals surface area contributed by atoms with E-state index in [0.29, 0.717) is 0 Å². The van der Waals surface area contributed by atoms with E-state index in [0.717, 1.165) is 4.90 Å². The van der Waals surface area contributed by atoms with Crippen LogP contribution in [-0.2, 0) is 19.1 Å². The number of hydrogen-bond acceptors (Lipinski definition) is 6. The zero-order chi connectivity index (χ0) is 19.1. The summed E-state index contributed by atoms with van der Waals surface area (Å²) in [5, 5.41) is 2.28. The maximum Gasteiger partial charge on any atom is 0.417 e. The molecule has 1 fully saturated rings. The quantitative estimate of drug-likeness (QED) is 0.731. The molecule has 0 aliphatic carbocycles. The smallest absolute Gasteiger partial charge is 0.417 e. The standard InChI is InChI=1S/C16H26N2O6/c1-9-10(19)16(8,17-12(21)23-14(2,3)4)11(20)18(9)13(22)24-15(5,6)7/h9H,1-8H3,(H,17,21)/t9-,16+/m0/s1. The first-order chi connectivity index (χ1) is 10.6. The molecule has 0 aromatic rings. The molecular weight excluding hydrogens is 316 g/mol. The molecule has 0 saturated carbocycles. The summed E-state index contributed by atoms with van der Waals surface area (Å²) < 4.78 is 10.2. The van der Waals surface area contributed by atoms with Crippen LogP contribution in [0.5, 0.6) is 0 Å². The number of likely N-dealkylation sites (tertiary alicyclic amines) is 1. The summed E-state index contributed by atoms with van der Waals surface area (Å²) in [7, 11) is 0. The average molecular weight is 342 g/mol. The first kappa shape index (κ1) is 19.9. The van der Waals surface area contributed by atoms with E-state index in [1.54, 1.807) is 41.5 Å². The van der Waals surface area contributed by atoms with Crippen LogP contribution in [0.25, 0.3) is 0 Å². The van der Waals surface area contributed by atoms with E-state index in [1.807, 2.05) is 0 Å². The fourth-order valence-electron chi connectivity index (χ4n) is 2.23. The Balaban J connectivity index is 3.02. The van der Waals surface area contributed by atoms with Crippen molar-refractivity contribution < 1.29 is 28.7 Å². The number of hydrogen-bond donors (Lipinski definition) is 1. The monoisotopic (exact) mass is 342 g/mol. The molecule has 0 spiro atoms. The van der Waals surface area contributed by atoms with Gasteiger partial charge in [-0.3, -0.25) is 9.59 Å². The van der Waals surface area contributed by atoms with Crippen LogP contribution in [0.1, 0.15) is 55.4 Å². The van der Waals surface area contributed by atoms with Gasteiger partial charge in [0.25, 0.3) is 5.91 Å². The number of carbonyl (C=O) groups is 4. The number of carbonyl (C=O) groups excluding carboxylic acids is 4. The fourth-order valence-corrected chi connectivity index (χ4v) is 2.23. The van der Waals surface area contributed by atoms with Crippen molar-refractivity contribution in [2.45, 2.75) is 78.2 Å². The van der Waals surface area contributed by atoms with Gasteiger partial charge in [-0.05, 0) is 55.4 Å². The summed E-state index contributed by atoms with van der Waals surface area (Å²) in [6.07, 6.45) is -1.84. The Labute approximate surface area is 141 Å². The molecule has 2 atom stereocenters. The molecule has 0 aromatic carbocycles. The first-order valence-electron chi connectivity index (χ1n) is 7.70. The zero-order valence-electron chi connectivity index (χ0n) is 15.5. The third-order valence-corrected chi connectivity index (χ3v) is 3.25. The molecule has 1 N–H and O–H groups in total. The zero-order valence-corrected chi connectivity index (χ0v) is 15.5. The van der Waals surface area contributed by atoms with Crippen molar-refractivity contribution in [3.63, 3.8) is 0 Å². The van der Waals surface area contributed by atoms with E-state index >= 15 is 0 Å². The van der Waals surface area contributed by atoms with Crippen LogP contribution in [0.3, 0.4) is 0 Å². The van der Waals surface area contributed by atoms with Crippen LogP contribution in [0.4, 0.5) is 9.59 Å². The van der Waals surface area contributed by atoms with Gasteiger partial charge in [-0.1, -0.05) is 0 Å². The molecule has 0 unspecified atom stereocenters. The molecule has 1 saturated heterocycles. The summed E-state index contributed by atoms with van der Waals surface area (Å²) in [4.78, 5) is 50.0. The molecular formula is C16H26N2O6. The lowest BCUT2D eigenvalue weighted by atomic mass is 9.97. The van der Waals surface area contributed by atoms with Crippen molar-refractivity contribution in [3.05, 3.63) is 0 Å². The molecule has 136 valence electrons. The Morgan fingerprint density at radius 1 is 1.04 bits per heavy atom. The normalized spacial score (nSPS) is 24.8. The number of imide groups is 1. The Morgan fingerprint density at radius 3 is 1.92 bits per heavy atom. The summed E-state index contributed by atoms with van der Waals surface area (Å²) >= 11 is 0. The van der Waals surface area contributed by atoms with E-state index < -0.39 is 46.7 Å². The van der Waals surface area contributed by atoms with Crippen LogP contribution >= 0.6 is 0 Å². The summed E-state index contributed by atoms with van der Waals surface area (Å²) in [6.45, 7) is 12.6. The highest BCUT2D eigenvalue weighted by Gasteiger charge is 2.58. The highest BCUT2D eigenvalue weighted by Crippen LogP contribution is 2.27. The lowest BCUT2D eigenvalue weighted by Crippen LogP contribution is -2.57. The third kappa shape index (κ3) is 4.24. The van der Waals surface area contributed by atoms with Crippen molar-refractivity contribution in [1.29, 1.82) is 0 Å². The van der Waals surface area contributed by atoms with Gasteiger partial charge in [-0.15, -0.1) is 0 Å². The Bertz CT molecular complexity index is 572. The number of ketones is 1. The van der Waals surface area contributed by atoms with E-state index in [9.17, 15) is 19.2 Å². The van der Waals surface area contributed by atoms with Gasteiger partial charge in [0.15, 0.2) is 11.3 Å². The second-order valence-electron chi connectivity index (χ2n) is 7.95. The predicted molar refractivity (Wildman–Crippen MR) is 85.3 cm³/mol. The van der Waals surface area contributed by atoms with E-state index in [4.69, 9.17) is 9.47 Å². The van der Waals surface area contributed by atoms with Gasteiger partial charge < -0.3 is 14.8 Å². The minimum absolute atomic E-state index is 0.607. The molecule has 0 radical (unpaired) electrons.